The molecule has 3 nitrogen and oxygen atoms in total. The topological polar surface area (TPSA) is 35.5 Å². The molecule has 0 bridgehead atoms. The number of ether oxygens (including phenoxy) is 2. The van der Waals surface area contributed by atoms with E-state index in [1.807, 2.05) is 6.92 Å². The minimum Gasteiger partial charge on any atom is -0.493 e. The van der Waals surface area contributed by atoms with E-state index in [0.717, 1.165) is 0 Å². The molecule has 1 rings (SSSR count). The lowest BCUT2D eigenvalue weighted by molar-refractivity contribution is 0.0992. The minimum absolute atomic E-state index is 0.00956. The Morgan fingerprint density at radius 3 is 2.24 bits per heavy atom. The predicted octanol–water partition coefficient (Wildman–Crippen LogP) is 3.43. The van der Waals surface area contributed by atoms with Gasteiger partial charge in [-0.1, -0.05) is 38.8 Å². The van der Waals surface area contributed by atoms with Crippen molar-refractivity contribution in [1.82, 2.24) is 0 Å². The maximum absolute atomic E-state index is 12.1. The first-order valence-electron chi connectivity index (χ1n) is 5.05. The molecule has 0 saturated carbocycles. The summed E-state index contributed by atoms with van der Waals surface area (Å²) in [6, 6.07) is 5.14. The lowest BCUT2D eigenvalue weighted by atomic mass is 10.1. The summed E-state index contributed by atoms with van der Waals surface area (Å²) in [7, 11) is 3.11. The van der Waals surface area contributed by atoms with Crippen molar-refractivity contribution in [2.24, 2.45) is 0 Å². The number of benzene rings is 1. The van der Waals surface area contributed by atoms with Gasteiger partial charge in [0.15, 0.2) is 17.3 Å². The van der Waals surface area contributed by atoms with Crippen LogP contribution < -0.4 is 9.47 Å². The Kier molecular flexibility index (Phi) is 5.46. The molecule has 0 N–H and O–H groups in total. The summed E-state index contributed by atoms with van der Waals surface area (Å²) >= 11 is 6.74. The average molecular weight is 366 g/mol. The number of carbonyl (C=O) groups excluding carboxylic acids is 1. The number of rotatable bonds is 5. The highest BCUT2D eigenvalue weighted by Gasteiger charge is 2.22. The third kappa shape index (κ3) is 3.45. The standard InChI is InChI=1S/C12H14Br2O3/c1-7(13)11(14)12(15)8-4-5-9(16-2)10(6-8)17-3/h4-7,11H,1-3H3. The first-order valence-corrected chi connectivity index (χ1v) is 6.88. The van der Waals surface area contributed by atoms with Crippen LogP contribution in [0.2, 0.25) is 0 Å². The van der Waals surface area contributed by atoms with Crippen molar-refractivity contribution in [3.8, 4) is 11.5 Å². The minimum atomic E-state index is -0.263. The number of Topliss-reactive ketones (excluding diaryl/α,β-unsaturated/α-hetero) is 1. The smallest absolute Gasteiger partial charge is 0.177 e. The number of alkyl halides is 2. The Morgan fingerprint density at radius 1 is 1.18 bits per heavy atom. The van der Waals surface area contributed by atoms with Gasteiger partial charge in [0.1, 0.15) is 0 Å². The van der Waals surface area contributed by atoms with E-state index in [0.29, 0.717) is 17.1 Å². The molecule has 0 aliphatic heterocycles. The average Bonchev–Trinajstić information content (AvgIpc) is 2.35. The molecule has 0 fully saturated rings. The summed E-state index contributed by atoms with van der Waals surface area (Å²) < 4.78 is 10.3. The summed E-state index contributed by atoms with van der Waals surface area (Å²) in [6.07, 6.45) is 0. The van der Waals surface area contributed by atoms with E-state index in [4.69, 9.17) is 9.47 Å². The summed E-state index contributed by atoms with van der Waals surface area (Å²) in [4.78, 5) is 11.9. The summed E-state index contributed by atoms with van der Waals surface area (Å²) in [6.45, 7) is 1.91. The van der Waals surface area contributed by atoms with Gasteiger partial charge in [-0.05, 0) is 18.2 Å². The van der Waals surface area contributed by atoms with Gasteiger partial charge in [0.25, 0.3) is 0 Å². The van der Waals surface area contributed by atoms with Gasteiger partial charge < -0.3 is 9.47 Å². The van der Waals surface area contributed by atoms with E-state index in [1.54, 1.807) is 32.4 Å². The first-order chi connectivity index (χ1) is 8.01. The molecule has 0 aliphatic rings. The predicted molar refractivity (Wildman–Crippen MR) is 75.0 cm³/mol. The second kappa shape index (κ2) is 6.40. The molecule has 1 aromatic carbocycles. The van der Waals surface area contributed by atoms with Crippen LogP contribution in [0.5, 0.6) is 11.5 Å². The first kappa shape index (κ1) is 14.5. The second-order valence-electron chi connectivity index (χ2n) is 3.51. The van der Waals surface area contributed by atoms with E-state index in [2.05, 4.69) is 31.9 Å². The third-order valence-electron chi connectivity index (χ3n) is 2.32. The van der Waals surface area contributed by atoms with Crippen molar-refractivity contribution in [3.63, 3.8) is 0 Å². The lowest BCUT2D eigenvalue weighted by Gasteiger charge is -2.13. The zero-order valence-electron chi connectivity index (χ0n) is 9.87. The van der Waals surface area contributed by atoms with Gasteiger partial charge in [-0.25, -0.2) is 0 Å². The summed E-state index contributed by atoms with van der Waals surface area (Å²) in [5.74, 6) is 1.18. The van der Waals surface area contributed by atoms with E-state index in [-0.39, 0.29) is 15.4 Å². The van der Waals surface area contributed by atoms with Crippen molar-refractivity contribution < 1.29 is 14.3 Å². The van der Waals surface area contributed by atoms with Crippen LogP contribution in [0.25, 0.3) is 0 Å². The van der Waals surface area contributed by atoms with Crippen molar-refractivity contribution in [3.05, 3.63) is 23.8 Å². The van der Waals surface area contributed by atoms with Crippen molar-refractivity contribution >= 4 is 37.6 Å². The van der Waals surface area contributed by atoms with Crippen LogP contribution in [0, 0.1) is 0 Å². The Hall–Kier alpha value is -0.550. The Labute approximate surface area is 118 Å². The summed E-state index contributed by atoms with van der Waals surface area (Å²) in [5.41, 5.74) is 0.593. The fourth-order valence-corrected chi connectivity index (χ4v) is 1.86. The van der Waals surface area contributed by atoms with Gasteiger partial charge >= 0.3 is 0 Å². The van der Waals surface area contributed by atoms with E-state index in [1.165, 1.54) is 0 Å². The van der Waals surface area contributed by atoms with Crippen LogP contribution in [0.3, 0.4) is 0 Å². The van der Waals surface area contributed by atoms with Crippen molar-refractivity contribution in [1.29, 1.82) is 0 Å². The third-order valence-corrected chi connectivity index (χ3v) is 4.77. The van der Waals surface area contributed by atoms with Gasteiger partial charge in [0.05, 0.1) is 19.0 Å². The summed E-state index contributed by atoms with van der Waals surface area (Å²) in [5, 5.41) is 0. The fourth-order valence-electron chi connectivity index (χ4n) is 1.36. The van der Waals surface area contributed by atoms with Crippen LogP contribution >= 0.6 is 31.9 Å². The molecule has 2 unspecified atom stereocenters. The van der Waals surface area contributed by atoms with Crippen LogP contribution in [-0.2, 0) is 0 Å². The monoisotopic (exact) mass is 364 g/mol. The highest BCUT2D eigenvalue weighted by molar-refractivity contribution is 9.12. The molecule has 0 spiro atoms. The quantitative estimate of drug-likeness (QED) is 0.592. The van der Waals surface area contributed by atoms with Crippen LogP contribution in [0.15, 0.2) is 18.2 Å². The molecule has 0 amide bonds. The molecule has 17 heavy (non-hydrogen) atoms. The number of hydrogen-bond donors (Lipinski definition) is 0. The molecule has 94 valence electrons. The number of ketones is 1. The Bertz CT molecular complexity index is 405. The highest BCUT2D eigenvalue weighted by Crippen LogP contribution is 2.29. The van der Waals surface area contributed by atoms with E-state index >= 15 is 0 Å². The van der Waals surface area contributed by atoms with Gasteiger partial charge in [0, 0.05) is 10.4 Å². The molecule has 0 radical (unpaired) electrons. The Balaban J connectivity index is 3.03. The lowest BCUT2D eigenvalue weighted by Crippen LogP contribution is -2.22. The molecule has 2 atom stereocenters. The second-order valence-corrected chi connectivity index (χ2v) is 5.94. The van der Waals surface area contributed by atoms with E-state index in [9.17, 15) is 4.79 Å². The van der Waals surface area contributed by atoms with Gasteiger partial charge in [-0.15, -0.1) is 0 Å². The largest absolute Gasteiger partial charge is 0.493 e. The van der Waals surface area contributed by atoms with Crippen LogP contribution in [0.1, 0.15) is 17.3 Å². The maximum Gasteiger partial charge on any atom is 0.177 e. The number of carbonyl (C=O) groups is 1. The Morgan fingerprint density at radius 2 is 1.76 bits per heavy atom. The molecule has 1 aromatic rings. The van der Waals surface area contributed by atoms with Gasteiger partial charge in [-0.2, -0.15) is 0 Å². The normalized spacial score (nSPS) is 13.9. The van der Waals surface area contributed by atoms with Gasteiger partial charge in [0.2, 0.25) is 0 Å². The number of hydrogen-bond acceptors (Lipinski definition) is 3. The van der Waals surface area contributed by atoms with Crippen molar-refractivity contribution in [2.75, 3.05) is 14.2 Å². The highest BCUT2D eigenvalue weighted by atomic mass is 79.9. The van der Waals surface area contributed by atoms with Crippen molar-refractivity contribution in [2.45, 2.75) is 16.6 Å². The molecular formula is C12H14Br2O3. The molecule has 0 heterocycles. The van der Waals surface area contributed by atoms with Crippen LogP contribution in [0.4, 0.5) is 0 Å². The zero-order chi connectivity index (χ0) is 13.0. The number of halogens is 2. The number of methoxy groups -OCH3 is 2. The van der Waals surface area contributed by atoms with Gasteiger partial charge in [-0.3, -0.25) is 4.79 Å². The molecule has 5 heteroatoms. The zero-order valence-corrected chi connectivity index (χ0v) is 13.0. The maximum atomic E-state index is 12.1. The van der Waals surface area contributed by atoms with Crippen LogP contribution in [-0.4, -0.2) is 29.7 Å². The SMILES string of the molecule is COc1ccc(C(=O)C(Br)C(C)Br)cc1OC. The van der Waals surface area contributed by atoms with E-state index < -0.39 is 0 Å². The molecule has 0 saturated heterocycles. The molecular weight excluding hydrogens is 352 g/mol. The molecule has 0 aliphatic carbocycles. The molecule has 0 aromatic heterocycles. The fraction of sp³-hybridized carbons (Fsp3) is 0.417.